The number of carbonyl (C=O) groups is 1. The van der Waals surface area contributed by atoms with Gasteiger partial charge in [0.05, 0.1) is 11.4 Å². The van der Waals surface area contributed by atoms with Crippen LogP contribution >= 0.6 is 0 Å². The monoisotopic (exact) mass is 300 g/mol. The van der Waals surface area contributed by atoms with E-state index in [1.54, 1.807) is 4.90 Å². The van der Waals surface area contributed by atoms with Crippen molar-refractivity contribution in [1.29, 1.82) is 0 Å². The molecule has 0 saturated carbocycles. The normalized spacial score (nSPS) is 14.4. The Kier molecular flexibility index (Phi) is 3.19. The van der Waals surface area contributed by atoms with Crippen LogP contribution in [-0.2, 0) is 4.79 Å². The summed E-state index contributed by atoms with van der Waals surface area (Å²) >= 11 is 0. The van der Waals surface area contributed by atoms with Crippen LogP contribution in [0.25, 0.3) is 10.8 Å². The summed E-state index contributed by atoms with van der Waals surface area (Å²) in [4.78, 5) is 18.7. The van der Waals surface area contributed by atoms with E-state index in [4.69, 9.17) is 0 Å². The third-order valence-electron chi connectivity index (χ3n) is 4.30. The molecule has 1 heterocycles. The topological polar surface area (TPSA) is 32.7 Å². The summed E-state index contributed by atoms with van der Waals surface area (Å²) in [5.74, 6) is 0.00691. The van der Waals surface area contributed by atoms with Gasteiger partial charge >= 0.3 is 0 Å². The van der Waals surface area contributed by atoms with Crippen LogP contribution in [0.5, 0.6) is 0 Å². The van der Waals surface area contributed by atoms with Gasteiger partial charge in [-0.15, -0.1) is 0 Å². The van der Waals surface area contributed by atoms with E-state index < -0.39 is 0 Å². The Bertz CT molecular complexity index is 929. The molecule has 3 nitrogen and oxygen atoms in total. The van der Waals surface area contributed by atoms with Gasteiger partial charge in [0.15, 0.2) is 0 Å². The maximum atomic E-state index is 12.3. The number of rotatable bonds is 1. The van der Waals surface area contributed by atoms with Crippen LogP contribution in [0.1, 0.15) is 11.1 Å². The van der Waals surface area contributed by atoms with E-state index in [2.05, 4.69) is 23.2 Å². The highest BCUT2D eigenvalue weighted by Crippen LogP contribution is 2.32. The number of likely N-dealkylation sites (N-methyl/N-ethyl adjacent to an activating group) is 1. The average molecular weight is 300 g/mol. The molecule has 3 aromatic rings. The predicted molar refractivity (Wildman–Crippen MR) is 94.3 cm³/mol. The van der Waals surface area contributed by atoms with E-state index >= 15 is 0 Å². The number of carbonyl (C=O) groups excluding carboxylic acids is 1. The van der Waals surface area contributed by atoms with Gasteiger partial charge in [0.1, 0.15) is 6.54 Å². The van der Waals surface area contributed by atoms with E-state index in [0.29, 0.717) is 0 Å². The Morgan fingerprint density at radius 1 is 0.913 bits per heavy atom. The van der Waals surface area contributed by atoms with Crippen molar-refractivity contribution in [3.63, 3.8) is 0 Å². The molecule has 0 fully saturated rings. The minimum Gasteiger partial charge on any atom is -0.313 e. The second-order valence-electron chi connectivity index (χ2n) is 5.66. The van der Waals surface area contributed by atoms with E-state index in [0.717, 1.165) is 33.3 Å². The number of benzene rings is 3. The Labute approximate surface area is 134 Å². The first-order chi connectivity index (χ1) is 11.3. The van der Waals surface area contributed by atoms with Crippen molar-refractivity contribution in [1.82, 2.24) is 0 Å². The van der Waals surface area contributed by atoms with E-state index in [-0.39, 0.29) is 12.5 Å². The van der Waals surface area contributed by atoms with Crippen LogP contribution in [0.3, 0.4) is 0 Å². The largest absolute Gasteiger partial charge is 0.313 e. The molecular weight excluding hydrogens is 284 g/mol. The number of hydrogen-bond acceptors (Lipinski definition) is 2. The predicted octanol–water partition coefficient (Wildman–Crippen LogP) is 3.65. The fourth-order valence-electron chi connectivity index (χ4n) is 3.09. The maximum Gasteiger partial charge on any atom is 0.248 e. The highest BCUT2D eigenvalue weighted by atomic mass is 16.2. The lowest BCUT2D eigenvalue weighted by Crippen LogP contribution is -2.27. The van der Waals surface area contributed by atoms with Crippen LogP contribution < -0.4 is 4.90 Å². The van der Waals surface area contributed by atoms with Crippen molar-refractivity contribution in [2.45, 2.75) is 0 Å². The number of fused-ring (bicyclic) bond motifs is 3. The van der Waals surface area contributed by atoms with Crippen molar-refractivity contribution in [2.24, 2.45) is 4.99 Å². The number of nitrogens with zero attached hydrogens (tertiary/aromatic N) is 2. The standard InChI is InChI=1S/C20H16N2O/c1-22-17-12-11-14-7-5-6-10-16(14)19(17)20(21-13-18(22)23)15-8-3-2-4-9-15/h2-12H,13H2,1H3. The van der Waals surface area contributed by atoms with Gasteiger partial charge in [-0.25, -0.2) is 0 Å². The molecule has 4 rings (SSSR count). The van der Waals surface area contributed by atoms with Crippen molar-refractivity contribution < 1.29 is 4.79 Å². The summed E-state index contributed by atoms with van der Waals surface area (Å²) in [6.45, 7) is 0.170. The Balaban J connectivity index is 2.08. The van der Waals surface area contributed by atoms with Crippen LogP contribution in [-0.4, -0.2) is 25.2 Å². The third kappa shape index (κ3) is 2.21. The fourth-order valence-corrected chi connectivity index (χ4v) is 3.09. The molecule has 112 valence electrons. The third-order valence-corrected chi connectivity index (χ3v) is 4.30. The summed E-state index contributed by atoms with van der Waals surface area (Å²) in [7, 11) is 1.82. The van der Waals surface area contributed by atoms with Crippen molar-refractivity contribution >= 4 is 28.1 Å². The van der Waals surface area contributed by atoms with Gasteiger partial charge in [-0.1, -0.05) is 60.7 Å². The second-order valence-corrected chi connectivity index (χ2v) is 5.66. The lowest BCUT2D eigenvalue weighted by Gasteiger charge is -2.19. The Hall–Kier alpha value is -2.94. The summed E-state index contributed by atoms with van der Waals surface area (Å²) in [6, 6.07) is 22.4. The van der Waals surface area contributed by atoms with Crippen LogP contribution in [0, 0.1) is 0 Å². The Morgan fingerprint density at radius 3 is 2.48 bits per heavy atom. The quantitative estimate of drug-likeness (QED) is 0.675. The van der Waals surface area contributed by atoms with Gasteiger partial charge in [0.25, 0.3) is 0 Å². The van der Waals surface area contributed by atoms with Gasteiger partial charge in [-0.2, -0.15) is 0 Å². The Morgan fingerprint density at radius 2 is 1.65 bits per heavy atom. The molecule has 3 aromatic carbocycles. The molecular formula is C20H16N2O. The molecule has 0 unspecified atom stereocenters. The van der Waals surface area contributed by atoms with Gasteiger partial charge in [-0.05, 0) is 16.8 Å². The molecule has 23 heavy (non-hydrogen) atoms. The molecule has 0 radical (unpaired) electrons. The maximum absolute atomic E-state index is 12.3. The number of hydrogen-bond donors (Lipinski definition) is 0. The molecule has 0 atom stereocenters. The smallest absolute Gasteiger partial charge is 0.248 e. The number of anilines is 1. The summed E-state index contributed by atoms with van der Waals surface area (Å²) in [5.41, 5.74) is 3.86. The van der Waals surface area contributed by atoms with Crippen molar-refractivity contribution in [3.8, 4) is 0 Å². The zero-order chi connectivity index (χ0) is 15.8. The van der Waals surface area contributed by atoms with Gasteiger partial charge in [-0.3, -0.25) is 9.79 Å². The van der Waals surface area contributed by atoms with Crippen LogP contribution in [0.4, 0.5) is 5.69 Å². The zero-order valence-corrected chi connectivity index (χ0v) is 12.9. The highest BCUT2D eigenvalue weighted by molar-refractivity contribution is 6.25. The number of amides is 1. The minimum absolute atomic E-state index is 0.00691. The highest BCUT2D eigenvalue weighted by Gasteiger charge is 2.24. The molecule has 1 aliphatic rings. The first-order valence-corrected chi connectivity index (χ1v) is 7.64. The van der Waals surface area contributed by atoms with Crippen LogP contribution in [0.15, 0.2) is 71.7 Å². The molecule has 3 heteroatoms. The minimum atomic E-state index is 0.00691. The molecule has 1 aliphatic heterocycles. The van der Waals surface area contributed by atoms with E-state index in [1.807, 2.05) is 55.6 Å². The van der Waals surface area contributed by atoms with E-state index in [1.165, 1.54) is 0 Å². The molecule has 0 spiro atoms. The van der Waals surface area contributed by atoms with Crippen molar-refractivity contribution in [3.05, 3.63) is 77.9 Å². The summed E-state index contributed by atoms with van der Waals surface area (Å²) in [6.07, 6.45) is 0. The molecule has 0 aliphatic carbocycles. The van der Waals surface area contributed by atoms with Crippen molar-refractivity contribution in [2.75, 3.05) is 18.5 Å². The molecule has 1 amide bonds. The lowest BCUT2D eigenvalue weighted by molar-refractivity contribution is -0.116. The van der Waals surface area contributed by atoms with Crippen LogP contribution in [0.2, 0.25) is 0 Å². The SMILES string of the molecule is CN1C(=O)CN=C(c2ccccc2)c2c1ccc1ccccc21. The fraction of sp³-hybridized carbons (Fsp3) is 0.100. The first-order valence-electron chi connectivity index (χ1n) is 7.64. The number of aliphatic imine (C=N–C) groups is 1. The van der Waals surface area contributed by atoms with Gasteiger partial charge < -0.3 is 4.90 Å². The van der Waals surface area contributed by atoms with Gasteiger partial charge in [0, 0.05) is 18.2 Å². The molecule has 0 saturated heterocycles. The lowest BCUT2D eigenvalue weighted by atomic mass is 9.94. The first kappa shape index (κ1) is 13.7. The average Bonchev–Trinajstić information content (AvgIpc) is 2.73. The molecule has 0 N–H and O–H groups in total. The molecule has 0 aromatic heterocycles. The van der Waals surface area contributed by atoms with E-state index in [9.17, 15) is 4.79 Å². The van der Waals surface area contributed by atoms with Gasteiger partial charge in [0.2, 0.25) is 5.91 Å². The second kappa shape index (κ2) is 5.36. The summed E-state index contributed by atoms with van der Waals surface area (Å²) in [5, 5.41) is 2.27. The zero-order valence-electron chi connectivity index (χ0n) is 12.9. The summed E-state index contributed by atoms with van der Waals surface area (Å²) < 4.78 is 0. The molecule has 0 bridgehead atoms.